The molecule has 1 saturated heterocycles. The van der Waals surface area contributed by atoms with Gasteiger partial charge < -0.3 is 4.74 Å². The third kappa shape index (κ3) is 1.64. The van der Waals surface area contributed by atoms with E-state index in [1.165, 1.54) is 0 Å². The van der Waals surface area contributed by atoms with E-state index in [9.17, 15) is 4.79 Å². The lowest BCUT2D eigenvalue weighted by atomic mass is 9.98. The van der Waals surface area contributed by atoms with Crippen molar-refractivity contribution in [2.45, 2.75) is 19.4 Å². The Hall–Kier alpha value is -1.31. The minimum atomic E-state index is -0.318. The van der Waals surface area contributed by atoms with E-state index in [4.69, 9.17) is 4.74 Å². The van der Waals surface area contributed by atoms with Crippen LogP contribution in [-0.4, -0.2) is 12.1 Å². The summed E-state index contributed by atoms with van der Waals surface area (Å²) in [6.07, 6.45) is 4.15. The van der Waals surface area contributed by atoms with Crippen LogP contribution in [-0.2, 0) is 9.53 Å². The van der Waals surface area contributed by atoms with Gasteiger partial charge in [-0.2, -0.15) is 0 Å². The van der Waals surface area contributed by atoms with Crippen molar-refractivity contribution < 1.29 is 9.53 Å². The molecule has 0 aromatic carbocycles. The predicted octanol–water partition coefficient (Wildman–Crippen LogP) is 1.99. The number of carbonyl (C=O) groups excluding carboxylic acids is 1. The van der Waals surface area contributed by atoms with E-state index in [2.05, 4.69) is 13.2 Å². The minimum absolute atomic E-state index is 0.0470. The minimum Gasteiger partial charge on any atom is -0.459 e. The van der Waals surface area contributed by atoms with E-state index in [1.807, 2.05) is 6.92 Å². The molecule has 0 aromatic rings. The number of hydrogen-bond acceptors (Lipinski definition) is 2. The molecule has 1 rings (SSSR count). The molecule has 0 bridgehead atoms. The number of cyclic esters (lactones) is 1. The molecule has 0 spiro atoms. The van der Waals surface area contributed by atoms with Gasteiger partial charge in [-0.25, -0.2) is 4.79 Å². The van der Waals surface area contributed by atoms with Gasteiger partial charge in [0.1, 0.15) is 6.10 Å². The SMILES string of the molecule is C=C/C=C1\C[C@H](C)OC(=O)C1=C. The van der Waals surface area contributed by atoms with Crippen molar-refractivity contribution in [3.63, 3.8) is 0 Å². The standard InChI is InChI=1S/C10H12O2/c1-4-5-9-6-7(2)12-10(11)8(9)3/h4-5,7H,1,3,6H2,2H3/b9-5+/t7-/m0/s1. The van der Waals surface area contributed by atoms with Crippen molar-refractivity contribution in [3.05, 3.63) is 36.5 Å². The monoisotopic (exact) mass is 164 g/mol. The summed E-state index contributed by atoms with van der Waals surface area (Å²) in [4.78, 5) is 11.1. The first-order valence-electron chi connectivity index (χ1n) is 3.87. The van der Waals surface area contributed by atoms with Crippen LogP contribution in [0.5, 0.6) is 0 Å². The molecule has 0 aromatic heterocycles. The molecule has 1 fully saturated rings. The number of rotatable bonds is 1. The Morgan fingerprint density at radius 1 is 1.67 bits per heavy atom. The second-order valence-corrected chi connectivity index (χ2v) is 2.83. The van der Waals surface area contributed by atoms with E-state index in [0.29, 0.717) is 5.57 Å². The normalized spacial score (nSPS) is 27.1. The molecule has 1 aliphatic rings. The second kappa shape index (κ2) is 3.39. The molecule has 0 radical (unpaired) electrons. The van der Waals surface area contributed by atoms with Crippen LogP contribution in [0.25, 0.3) is 0 Å². The highest BCUT2D eigenvalue weighted by atomic mass is 16.5. The Morgan fingerprint density at radius 3 is 2.92 bits per heavy atom. The lowest BCUT2D eigenvalue weighted by molar-refractivity contribution is -0.144. The Balaban J connectivity index is 2.87. The van der Waals surface area contributed by atoms with Gasteiger partial charge in [-0.05, 0) is 12.5 Å². The van der Waals surface area contributed by atoms with E-state index < -0.39 is 0 Å². The van der Waals surface area contributed by atoms with Crippen molar-refractivity contribution in [2.75, 3.05) is 0 Å². The number of esters is 1. The third-order valence-corrected chi connectivity index (χ3v) is 1.77. The number of carbonyl (C=O) groups is 1. The van der Waals surface area contributed by atoms with Crippen LogP contribution in [0.2, 0.25) is 0 Å². The molecule has 1 aliphatic heterocycles. The Labute approximate surface area is 72.2 Å². The fraction of sp³-hybridized carbons (Fsp3) is 0.300. The summed E-state index contributed by atoms with van der Waals surface area (Å²) < 4.78 is 4.96. The van der Waals surface area contributed by atoms with Gasteiger partial charge in [-0.3, -0.25) is 0 Å². The average Bonchev–Trinajstić information content (AvgIpc) is 2.00. The summed E-state index contributed by atoms with van der Waals surface area (Å²) in [6.45, 7) is 9.07. The molecule has 0 N–H and O–H groups in total. The van der Waals surface area contributed by atoms with Gasteiger partial charge in [-0.1, -0.05) is 25.3 Å². The van der Waals surface area contributed by atoms with Crippen molar-refractivity contribution in [1.29, 1.82) is 0 Å². The maximum Gasteiger partial charge on any atom is 0.338 e. The smallest absolute Gasteiger partial charge is 0.338 e. The van der Waals surface area contributed by atoms with Crippen LogP contribution in [0.1, 0.15) is 13.3 Å². The van der Waals surface area contributed by atoms with Crippen LogP contribution >= 0.6 is 0 Å². The van der Waals surface area contributed by atoms with E-state index >= 15 is 0 Å². The second-order valence-electron chi connectivity index (χ2n) is 2.83. The largest absolute Gasteiger partial charge is 0.459 e. The van der Waals surface area contributed by atoms with Gasteiger partial charge in [0.2, 0.25) is 0 Å². The number of allylic oxidation sites excluding steroid dienone is 2. The average molecular weight is 164 g/mol. The van der Waals surface area contributed by atoms with Crippen molar-refractivity contribution in [3.8, 4) is 0 Å². The fourth-order valence-electron chi connectivity index (χ4n) is 1.17. The van der Waals surface area contributed by atoms with Gasteiger partial charge in [-0.15, -0.1) is 0 Å². The maximum atomic E-state index is 11.1. The van der Waals surface area contributed by atoms with Crippen LogP contribution in [0, 0.1) is 0 Å². The fourth-order valence-corrected chi connectivity index (χ4v) is 1.17. The highest BCUT2D eigenvalue weighted by molar-refractivity contribution is 5.93. The molecule has 12 heavy (non-hydrogen) atoms. The van der Waals surface area contributed by atoms with Crippen molar-refractivity contribution >= 4 is 5.97 Å². The van der Waals surface area contributed by atoms with Crippen LogP contribution in [0.3, 0.4) is 0 Å². The van der Waals surface area contributed by atoms with E-state index in [-0.39, 0.29) is 12.1 Å². The first kappa shape index (κ1) is 8.78. The molecular weight excluding hydrogens is 152 g/mol. The number of ether oxygens (including phenoxy) is 1. The Morgan fingerprint density at radius 2 is 2.33 bits per heavy atom. The molecule has 0 unspecified atom stereocenters. The molecule has 2 heteroatoms. The summed E-state index contributed by atoms with van der Waals surface area (Å²) in [7, 11) is 0. The molecule has 0 saturated carbocycles. The lowest BCUT2D eigenvalue weighted by Crippen LogP contribution is -2.24. The summed E-state index contributed by atoms with van der Waals surface area (Å²) in [5.41, 5.74) is 1.38. The van der Waals surface area contributed by atoms with Crippen molar-refractivity contribution in [1.82, 2.24) is 0 Å². The first-order chi connectivity index (χ1) is 5.65. The lowest BCUT2D eigenvalue weighted by Gasteiger charge is -2.22. The summed E-state index contributed by atoms with van der Waals surface area (Å²) in [5, 5.41) is 0. The molecule has 1 atom stereocenters. The van der Waals surface area contributed by atoms with Crippen LogP contribution < -0.4 is 0 Å². The number of hydrogen-bond donors (Lipinski definition) is 0. The summed E-state index contributed by atoms with van der Waals surface area (Å²) in [6, 6.07) is 0. The zero-order valence-corrected chi connectivity index (χ0v) is 7.17. The summed E-state index contributed by atoms with van der Waals surface area (Å²) >= 11 is 0. The Kier molecular flexibility index (Phi) is 2.48. The molecular formula is C10H12O2. The molecule has 0 amide bonds. The first-order valence-corrected chi connectivity index (χ1v) is 3.87. The van der Waals surface area contributed by atoms with Crippen LogP contribution in [0.15, 0.2) is 36.5 Å². The zero-order chi connectivity index (χ0) is 9.14. The van der Waals surface area contributed by atoms with Gasteiger partial charge >= 0.3 is 5.97 Å². The molecule has 64 valence electrons. The van der Waals surface area contributed by atoms with Gasteiger partial charge in [0.25, 0.3) is 0 Å². The molecule has 2 nitrogen and oxygen atoms in total. The highest BCUT2D eigenvalue weighted by Gasteiger charge is 2.23. The molecule has 0 aliphatic carbocycles. The third-order valence-electron chi connectivity index (χ3n) is 1.77. The van der Waals surface area contributed by atoms with Gasteiger partial charge in [0.15, 0.2) is 0 Å². The Bertz CT molecular complexity index is 261. The van der Waals surface area contributed by atoms with Gasteiger partial charge in [0.05, 0.1) is 5.57 Å². The topological polar surface area (TPSA) is 26.3 Å². The maximum absolute atomic E-state index is 11.1. The van der Waals surface area contributed by atoms with Gasteiger partial charge in [0, 0.05) is 6.42 Å². The van der Waals surface area contributed by atoms with Crippen LogP contribution in [0.4, 0.5) is 0 Å². The predicted molar refractivity (Wildman–Crippen MR) is 47.6 cm³/mol. The van der Waals surface area contributed by atoms with E-state index in [0.717, 1.165) is 12.0 Å². The quantitative estimate of drug-likeness (QED) is 0.437. The zero-order valence-electron chi connectivity index (χ0n) is 7.17. The molecule has 1 heterocycles. The summed E-state index contributed by atoms with van der Waals surface area (Å²) in [5.74, 6) is -0.318. The van der Waals surface area contributed by atoms with Crippen molar-refractivity contribution in [2.24, 2.45) is 0 Å². The highest BCUT2D eigenvalue weighted by Crippen LogP contribution is 2.23. The van der Waals surface area contributed by atoms with E-state index in [1.54, 1.807) is 12.2 Å².